The Bertz CT molecular complexity index is 1090. The second-order valence-electron chi connectivity index (χ2n) is 10.9. The van der Waals surface area contributed by atoms with Gasteiger partial charge >= 0.3 is 12.1 Å². The van der Waals surface area contributed by atoms with Crippen molar-refractivity contribution >= 4 is 12.1 Å². The summed E-state index contributed by atoms with van der Waals surface area (Å²) in [7, 11) is 2.01. The van der Waals surface area contributed by atoms with Gasteiger partial charge in [-0.2, -0.15) is 0 Å². The van der Waals surface area contributed by atoms with Crippen molar-refractivity contribution in [1.29, 1.82) is 0 Å². The number of likely N-dealkylation sites (tertiary alicyclic amines) is 1. The number of aromatic hydroxyl groups is 1. The van der Waals surface area contributed by atoms with E-state index in [-0.39, 0.29) is 18.2 Å². The number of aliphatic hydroxyl groups is 1. The number of piperidine rings is 1. The molecule has 3 N–H and O–H groups in total. The van der Waals surface area contributed by atoms with E-state index >= 15 is 0 Å². The van der Waals surface area contributed by atoms with Crippen LogP contribution < -0.4 is 10.1 Å². The fourth-order valence-corrected chi connectivity index (χ4v) is 6.19. The van der Waals surface area contributed by atoms with Gasteiger partial charge in [0.05, 0.1) is 11.0 Å². The summed E-state index contributed by atoms with van der Waals surface area (Å²) in [5, 5.41) is 25.2. The fourth-order valence-electron chi connectivity index (χ4n) is 6.19. The van der Waals surface area contributed by atoms with Crippen molar-refractivity contribution in [2.45, 2.75) is 81.8 Å². The molecule has 4 aliphatic rings. The van der Waals surface area contributed by atoms with Gasteiger partial charge < -0.3 is 34.6 Å². The largest absolute Gasteiger partial charge is 0.504 e. The summed E-state index contributed by atoms with van der Waals surface area (Å²) < 4.78 is 17.2. The van der Waals surface area contributed by atoms with Crippen LogP contribution in [0.1, 0.15) is 51.7 Å². The summed E-state index contributed by atoms with van der Waals surface area (Å²) in [5.74, 6) is -0.0110. The standard InChI is InChI=1S/C25H32N2O7/c1-13(26-22(30)34-23(2,3)4)21(29)32-16-8-9-25(31)17-12-14-6-7-15(28)19-18(14)24(25,20(16)33-19)10-11-27(17)5/h6-8,13,17,20,28,31H,9-12H2,1-5H3,(H,26,30)/t13-,17+,20-,24-,25+/m0/s1. The number of nitrogens with zero attached hydrogens (tertiary/aromatic N) is 1. The predicted molar refractivity (Wildman–Crippen MR) is 122 cm³/mol. The summed E-state index contributed by atoms with van der Waals surface area (Å²) in [6.45, 7) is 7.46. The molecule has 9 heteroatoms. The van der Waals surface area contributed by atoms with Gasteiger partial charge in [0, 0.05) is 18.0 Å². The zero-order valence-corrected chi connectivity index (χ0v) is 20.2. The summed E-state index contributed by atoms with van der Waals surface area (Å²) in [6, 6.07) is 2.42. The Morgan fingerprint density at radius 3 is 2.76 bits per heavy atom. The number of phenolic OH excluding ortho intramolecular Hbond substituents is 1. The average molecular weight is 473 g/mol. The molecule has 5 atom stereocenters. The first-order valence-corrected chi connectivity index (χ1v) is 11.7. The minimum atomic E-state index is -1.13. The van der Waals surface area contributed by atoms with Crippen LogP contribution in [0.25, 0.3) is 0 Å². The van der Waals surface area contributed by atoms with Crippen LogP contribution in [0.15, 0.2) is 24.0 Å². The lowest BCUT2D eigenvalue weighted by Crippen LogP contribution is -2.74. The summed E-state index contributed by atoms with van der Waals surface area (Å²) in [5.41, 5.74) is -0.807. The third kappa shape index (κ3) is 3.13. The number of likely N-dealkylation sites (N-methyl/N-ethyl adjacent to an activating group) is 1. The van der Waals surface area contributed by atoms with Crippen LogP contribution in [-0.4, -0.2) is 70.2 Å². The zero-order valence-electron chi connectivity index (χ0n) is 20.2. The third-order valence-electron chi connectivity index (χ3n) is 7.66. The van der Waals surface area contributed by atoms with E-state index in [1.807, 2.05) is 13.1 Å². The molecule has 184 valence electrons. The maximum atomic E-state index is 12.9. The van der Waals surface area contributed by atoms with Crippen molar-refractivity contribution < 1.29 is 34.0 Å². The van der Waals surface area contributed by atoms with Crippen LogP contribution in [-0.2, 0) is 26.1 Å². The monoisotopic (exact) mass is 472 g/mol. The molecule has 2 aliphatic heterocycles. The molecular formula is C25H32N2O7. The SMILES string of the molecule is C[C@H](NC(=O)OC(C)(C)C)C(=O)OC1=CC[C@@]2(O)[C@H]3Cc4ccc(O)c5c4[C@@]2(CCN3C)[C@H]1O5. The number of carbonyl (C=O) groups excluding carboxylic acids is 2. The number of benzene rings is 1. The van der Waals surface area contributed by atoms with E-state index in [0.717, 1.165) is 17.7 Å². The molecule has 0 radical (unpaired) electrons. The molecule has 2 heterocycles. The van der Waals surface area contributed by atoms with E-state index in [1.165, 1.54) is 6.92 Å². The molecular weight excluding hydrogens is 440 g/mol. The Morgan fingerprint density at radius 1 is 1.32 bits per heavy atom. The number of hydrogen-bond donors (Lipinski definition) is 3. The number of ether oxygens (including phenoxy) is 3. The highest BCUT2D eigenvalue weighted by molar-refractivity contribution is 5.82. The van der Waals surface area contributed by atoms with Crippen molar-refractivity contribution in [2.75, 3.05) is 13.6 Å². The quantitative estimate of drug-likeness (QED) is 0.573. The van der Waals surface area contributed by atoms with Crippen LogP contribution in [0.2, 0.25) is 0 Å². The van der Waals surface area contributed by atoms with Gasteiger partial charge in [0.2, 0.25) is 0 Å². The molecule has 9 nitrogen and oxygen atoms in total. The highest BCUT2D eigenvalue weighted by atomic mass is 16.6. The number of carbonyl (C=O) groups is 2. The van der Waals surface area contributed by atoms with E-state index in [9.17, 15) is 19.8 Å². The molecule has 0 unspecified atom stereocenters. The Kier molecular flexibility index (Phi) is 4.97. The zero-order chi connectivity index (χ0) is 24.6. The van der Waals surface area contributed by atoms with Gasteiger partial charge in [-0.3, -0.25) is 0 Å². The van der Waals surface area contributed by atoms with Crippen LogP contribution in [0.3, 0.4) is 0 Å². The molecule has 2 aliphatic carbocycles. The topological polar surface area (TPSA) is 118 Å². The highest BCUT2D eigenvalue weighted by Gasteiger charge is 2.72. The molecule has 1 saturated heterocycles. The molecule has 0 saturated carbocycles. The summed E-state index contributed by atoms with van der Waals surface area (Å²) in [4.78, 5) is 27.2. The van der Waals surface area contributed by atoms with E-state index in [0.29, 0.717) is 24.4 Å². The predicted octanol–water partition coefficient (Wildman–Crippen LogP) is 2.13. The molecule has 5 rings (SSSR count). The molecule has 1 aromatic rings. The van der Waals surface area contributed by atoms with Gasteiger partial charge in [-0.25, -0.2) is 9.59 Å². The number of esters is 1. The van der Waals surface area contributed by atoms with Crippen LogP contribution in [0, 0.1) is 0 Å². The van der Waals surface area contributed by atoms with Gasteiger partial charge in [-0.05, 0) is 71.8 Å². The minimum Gasteiger partial charge on any atom is -0.504 e. The van der Waals surface area contributed by atoms with Crippen molar-refractivity contribution in [3.05, 3.63) is 35.1 Å². The lowest BCUT2D eigenvalue weighted by molar-refractivity contribution is -0.169. The van der Waals surface area contributed by atoms with Crippen LogP contribution in [0.5, 0.6) is 11.5 Å². The number of phenols is 1. The Balaban J connectivity index is 1.46. The van der Waals surface area contributed by atoms with Crippen molar-refractivity contribution in [2.24, 2.45) is 0 Å². The molecule has 2 bridgehead atoms. The summed E-state index contributed by atoms with van der Waals surface area (Å²) >= 11 is 0. The van der Waals surface area contributed by atoms with Crippen molar-refractivity contribution in [3.8, 4) is 11.5 Å². The van der Waals surface area contributed by atoms with Gasteiger partial charge in [0.25, 0.3) is 0 Å². The first-order valence-electron chi connectivity index (χ1n) is 11.7. The lowest BCUT2D eigenvalue weighted by Gasteiger charge is -2.61. The smallest absolute Gasteiger partial charge is 0.408 e. The van der Waals surface area contributed by atoms with E-state index in [1.54, 1.807) is 32.9 Å². The molecule has 1 spiro atoms. The third-order valence-corrected chi connectivity index (χ3v) is 7.66. The second kappa shape index (κ2) is 7.36. The van der Waals surface area contributed by atoms with Crippen molar-refractivity contribution in [1.82, 2.24) is 10.2 Å². The van der Waals surface area contributed by atoms with Gasteiger partial charge in [0.1, 0.15) is 17.4 Å². The van der Waals surface area contributed by atoms with Crippen LogP contribution >= 0.6 is 0 Å². The van der Waals surface area contributed by atoms with E-state index < -0.39 is 40.8 Å². The van der Waals surface area contributed by atoms with E-state index in [4.69, 9.17) is 14.2 Å². The molecule has 34 heavy (non-hydrogen) atoms. The molecule has 1 amide bonds. The average Bonchev–Trinajstić information content (AvgIpc) is 3.09. The summed E-state index contributed by atoms with van der Waals surface area (Å²) in [6.07, 6.45) is 1.75. The maximum absolute atomic E-state index is 12.9. The second-order valence-corrected chi connectivity index (χ2v) is 10.9. The van der Waals surface area contributed by atoms with Gasteiger partial charge in [-0.15, -0.1) is 0 Å². The Morgan fingerprint density at radius 2 is 2.06 bits per heavy atom. The van der Waals surface area contributed by atoms with Crippen molar-refractivity contribution in [3.63, 3.8) is 0 Å². The number of rotatable bonds is 3. The molecule has 0 aromatic heterocycles. The Hall–Kier alpha value is -2.78. The maximum Gasteiger partial charge on any atom is 0.408 e. The first-order chi connectivity index (χ1) is 15.9. The lowest BCUT2D eigenvalue weighted by atomic mass is 9.50. The number of nitrogens with one attached hydrogen (secondary N) is 1. The molecule has 1 aromatic carbocycles. The van der Waals surface area contributed by atoms with Gasteiger partial charge in [0.15, 0.2) is 17.6 Å². The van der Waals surface area contributed by atoms with Crippen LogP contribution in [0.4, 0.5) is 4.79 Å². The number of amides is 1. The molecule has 1 fully saturated rings. The van der Waals surface area contributed by atoms with Gasteiger partial charge in [-0.1, -0.05) is 6.07 Å². The Labute approximate surface area is 198 Å². The van der Waals surface area contributed by atoms with E-state index in [2.05, 4.69) is 10.2 Å². The highest BCUT2D eigenvalue weighted by Crippen LogP contribution is 2.65. The first kappa shape index (κ1) is 23.0. The number of hydrogen-bond acceptors (Lipinski definition) is 8. The fraction of sp³-hybridized carbons (Fsp3) is 0.600. The normalized spacial score (nSPS) is 32.1. The number of alkyl carbamates (subject to hydrolysis) is 1. The minimum absolute atomic E-state index is 0.00731.